The fourth-order valence-corrected chi connectivity index (χ4v) is 3.49. The Morgan fingerprint density at radius 1 is 1.32 bits per heavy atom. The first-order valence-electron chi connectivity index (χ1n) is 8.17. The molecule has 120 valence electrons. The number of aromatic nitrogens is 2. The van der Waals surface area contributed by atoms with E-state index in [0.29, 0.717) is 13.0 Å². The fourth-order valence-electron chi connectivity index (χ4n) is 3.49. The minimum absolute atomic E-state index is 0.0882. The molecule has 2 aliphatic rings. The van der Waals surface area contributed by atoms with Gasteiger partial charge in [-0.3, -0.25) is 14.3 Å². The van der Waals surface area contributed by atoms with E-state index in [2.05, 4.69) is 5.10 Å². The molecule has 0 unspecified atom stereocenters. The lowest BCUT2D eigenvalue weighted by Gasteiger charge is -2.39. The third-order valence-electron chi connectivity index (χ3n) is 4.88. The van der Waals surface area contributed by atoms with Gasteiger partial charge in [0.05, 0.1) is 12.6 Å². The highest BCUT2D eigenvalue weighted by atomic mass is 16.2. The van der Waals surface area contributed by atoms with Crippen molar-refractivity contribution < 1.29 is 9.59 Å². The average molecular weight is 304 g/mol. The summed E-state index contributed by atoms with van der Waals surface area (Å²) >= 11 is 0. The van der Waals surface area contributed by atoms with E-state index in [1.165, 1.54) is 0 Å². The van der Waals surface area contributed by atoms with Gasteiger partial charge in [0.25, 0.3) is 0 Å². The highest BCUT2D eigenvalue weighted by Gasteiger charge is 2.35. The van der Waals surface area contributed by atoms with Crippen LogP contribution in [0.25, 0.3) is 0 Å². The predicted molar refractivity (Wildman–Crippen MR) is 81.9 cm³/mol. The number of amides is 2. The standard InChI is InChI=1S/C16H24N4O2/c1-18-10-6-13(11-15(18)21)16(22)20-9-3-2-5-14(20)12-19-8-4-7-17-19/h4,7-8,13-14H,2-3,5-6,9-12H2,1H3/t13-,14+/m1/s1. The van der Waals surface area contributed by atoms with Crippen LogP contribution in [0, 0.1) is 5.92 Å². The second kappa shape index (κ2) is 6.50. The molecule has 2 fully saturated rings. The Morgan fingerprint density at radius 3 is 2.91 bits per heavy atom. The summed E-state index contributed by atoms with van der Waals surface area (Å²) in [5.74, 6) is 0.116. The summed E-state index contributed by atoms with van der Waals surface area (Å²) in [5.41, 5.74) is 0. The Morgan fingerprint density at radius 2 is 2.18 bits per heavy atom. The van der Waals surface area contributed by atoms with Crippen LogP contribution in [-0.2, 0) is 16.1 Å². The van der Waals surface area contributed by atoms with Crippen LogP contribution in [0.1, 0.15) is 32.1 Å². The number of carbonyl (C=O) groups is 2. The second-order valence-corrected chi connectivity index (χ2v) is 6.41. The lowest BCUT2D eigenvalue weighted by Crippen LogP contribution is -2.50. The molecule has 2 saturated heterocycles. The quantitative estimate of drug-likeness (QED) is 0.841. The number of rotatable bonds is 3. The third-order valence-corrected chi connectivity index (χ3v) is 4.88. The predicted octanol–water partition coefficient (Wildman–Crippen LogP) is 1.13. The molecule has 0 N–H and O–H groups in total. The van der Waals surface area contributed by atoms with Crippen LogP contribution in [0.3, 0.4) is 0 Å². The number of piperidine rings is 2. The largest absolute Gasteiger partial charge is 0.346 e. The summed E-state index contributed by atoms with van der Waals surface area (Å²) in [4.78, 5) is 28.5. The molecule has 1 aromatic rings. The first kappa shape index (κ1) is 15.1. The van der Waals surface area contributed by atoms with Crippen molar-refractivity contribution in [2.75, 3.05) is 20.1 Å². The van der Waals surface area contributed by atoms with E-state index in [0.717, 1.165) is 38.8 Å². The van der Waals surface area contributed by atoms with E-state index in [1.54, 1.807) is 11.1 Å². The van der Waals surface area contributed by atoms with E-state index in [4.69, 9.17) is 0 Å². The van der Waals surface area contributed by atoms with Crippen LogP contribution < -0.4 is 0 Å². The SMILES string of the molecule is CN1CC[C@@H](C(=O)N2CCCC[C@H]2Cn2cccn2)CC1=O. The fraction of sp³-hybridized carbons (Fsp3) is 0.688. The highest BCUT2D eigenvalue weighted by Crippen LogP contribution is 2.25. The molecule has 6 nitrogen and oxygen atoms in total. The van der Waals surface area contributed by atoms with Crippen LogP contribution in [0.15, 0.2) is 18.5 Å². The zero-order chi connectivity index (χ0) is 15.5. The molecule has 0 radical (unpaired) electrons. The third kappa shape index (κ3) is 3.15. The summed E-state index contributed by atoms with van der Waals surface area (Å²) < 4.78 is 1.90. The van der Waals surface area contributed by atoms with Gasteiger partial charge in [0.2, 0.25) is 11.8 Å². The molecule has 22 heavy (non-hydrogen) atoms. The maximum atomic E-state index is 12.9. The monoisotopic (exact) mass is 304 g/mol. The zero-order valence-corrected chi connectivity index (χ0v) is 13.1. The number of likely N-dealkylation sites (tertiary alicyclic amines) is 2. The zero-order valence-electron chi connectivity index (χ0n) is 13.1. The summed E-state index contributed by atoms with van der Waals surface area (Å²) in [6.45, 7) is 2.25. The van der Waals surface area contributed by atoms with E-state index < -0.39 is 0 Å². The van der Waals surface area contributed by atoms with E-state index in [9.17, 15) is 9.59 Å². The molecular weight excluding hydrogens is 280 g/mol. The van der Waals surface area contributed by atoms with Crippen LogP contribution in [0.2, 0.25) is 0 Å². The topological polar surface area (TPSA) is 58.4 Å². The Labute approximate surface area is 131 Å². The van der Waals surface area contributed by atoms with Crippen molar-refractivity contribution >= 4 is 11.8 Å². The number of hydrogen-bond donors (Lipinski definition) is 0. The molecule has 6 heteroatoms. The molecule has 2 amide bonds. The van der Waals surface area contributed by atoms with Crippen molar-refractivity contribution in [2.45, 2.75) is 44.7 Å². The van der Waals surface area contributed by atoms with Gasteiger partial charge in [-0.15, -0.1) is 0 Å². The summed E-state index contributed by atoms with van der Waals surface area (Å²) in [5, 5.41) is 4.26. The van der Waals surface area contributed by atoms with E-state index in [1.807, 2.05) is 28.9 Å². The van der Waals surface area contributed by atoms with Gasteiger partial charge >= 0.3 is 0 Å². The molecule has 2 aliphatic heterocycles. The van der Waals surface area contributed by atoms with Gasteiger partial charge in [-0.2, -0.15) is 5.10 Å². The number of hydrogen-bond acceptors (Lipinski definition) is 3. The van der Waals surface area contributed by atoms with E-state index >= 15 is 0 Å². The highest BCUT2D eigenvalue weighted by molar-refractivity contribution is 5.87. The number of carbonyl (C=O) groups excluding carboxylic acids is 2. The maximum Gasteiger partial charge on any atom is 0.226 e. The average Bonchev–Trinajstić information content (AvgIpc) is 3.03. The second-order valence-electron chi connectivity index (χ2n) is 6.41. The first-order chi connectivity index (χ1) is 10.6. The van der Waals surface area contributed by atoms with Gasteiger partial charge in [-0.05, 0) is 31.7 Å². The molecule has 0 saturated carbocycles. The first-order valence-corrected chi connectivity index (χ1v) is 8.17. The van der Waals surface area contributed by atoms with Crippen molar-refractivity contribution in [1.29, 1.82) is 0 Å². The van der Waals surface area contributed by atoms with Crippen molar-refractivity contribution in [3.8, 4) is 0 Å². The van der Waals surface area contributed by atoms with Gasteiger partial charge < -0.3 is 9.80 Å². The number of nitrogens with zero attached hydrogens (tertiary/aromatic N) is 4. The van der Waals surface area contributed by atoms with Crippen LogP contribution in [0.5, 0.6) is 0 Å². The molecular formula is C16H24N4O2. The molecule has 3 rings (SSSR count). The van der Waals surface area contributed by atoms with Crippen LogP contribution >= 0.6 is 0 Å². The van der Waals surface area contributed by atoms with Crippen molar-refractivity contribution in [3.63, 3.8) is 0 Å². The summed E-state index contributed by atoms with van der Waals surface area (Å²) in [6, 6.07) is 2.11. The Bertz CT molecular complexity index is 528. The molecule has 3 heterocycles. The normalized spacial score (nSPS) is 26.3. The van der Waals surface area contributed by atoms with E-state index in [-0.39, 0.29) is 23.8 Å². The van der Waals surface area contributed by atoms with Gasteiger partial charge in [0.1, 0.15) is 0 Å². The van der Waals surface area contributed by atoms with Crippen molar-refractivity contribution in [1.82, 2.24) is 19.6 Å². The Hall–Kier alpha value is -1.85. The molecule has 2 atom stereocenters. The van der Waals surface area contributed by atoms with Gasteiger partial charge in [-0.25, -0.2) is 0 Å². The molecule has 1 aromatic heterocycles. The Balaban J connectivity index is 1.67. The molecule has 0 aromatic carbocycles. The molecule has 0 aliphatic carbocycles. The minimum Gasteiger partial charge on any atom is -0.346 e. The lowest BCUT2D eigenvalue weighted by molar-refractivity contribution is -0.147. The summed E-state index contributed by atoms with van der Waals surface area (Å²) in [6.07, 6.45) is 8.09. The maximum absolute atomic E-state index is 12.9. The smallest absolute Gasteiger partial charge is 0.226 e. The minimum atomic E-state index is -0.137. The van der Waals surface area contributed by atoms with Gasteiger partial charge in [0.15, 0.2) is 0 Å². The Kier molecular flexibility index (Phi) is 4.45. The van der Waals surface area contributed by atoms with Crippen LogP contribution in [-0.4, -0.2) is 57.6 Å². The van der Waals surface area contributed by atoms with Gasteiger partial charge in [-0.1, -0.05) is 0 Å². The van der Waals surface area contributed by atoms with Crippen molar-refractivity contribution in [2.24, 2.45) is 5.92 Å². The summed E-state index contributed by atoms with van der Waals surface area (Å²) in [7, 11) is 1.81. The van der Waals surface area contributed by atoms with Crippen LogP contribution in [0.4, 0.5) is 0 Å². The molecule has 0 bridgehead atoms. The molecule has 0 spiro atoms. The lowest BCUT2D eigenvalue weighted by atomic mass is 9.92. The van der Waals surface area contributed by atoms with Gasteiger partial charge in [0, 0.05) is 44.9 Å². The van der Waals surface area contributed by atoms with Crippen molar-refractivity contribution in [3.05, 3.63) is 18.5 Å².